The van der Waals surface area contributed by atoms with E-state index in [9.17, 15) is 22.0 Å². The number of phenolic OH excluding ortho intramolecular Hbond substituents is 1. The third-order valence-corrected chi connectivity index (χ3v) is 1.19. The zero-order chi connectivity index (χ0) is 9.46. The molecule has 0 heterocycles. The average Bonchev–Trinajstić information content (AvgIpc) is 2.08. The van der Waals surface area contributed by atoms with E-state index in [0.717, 1.165) is 0 Å². The van der Waals surface area contributed by atoms with Crippen molar-refractivity contribution in [2.24, 2.45) is 0 Å². The van der Waals surface area contributed by atoms with Gasteiger partial charge in [-0.15, -0.1) is 0 Å². The van der Waals surface area contributed by atoms with Crippen molar-refractivity contribution >= 4 is 0 Å². The smallest absolute Gasteiger partial charge is 0.206 e. The van der Waals surface area contributed by atoms with Crippen LogP contribution in [0.3, 0.4) is 0 Å². The van der Waals surface area contributed by atoms with Gasteiger partial charge in [-0.25, -0.2) is 13.2 Å². The summed E-state index contributed by atoms with van der Waals surface area (Å²) in [6.07, 6.45) is 0. The van der Waals surface area contributed by atoms with Crippen molar-refractivity contribution in [3.63, 3.8) is 0 Å². The summed E-state index contributed by atoms with van der Waals surface area (Å²) >= 11 is 0. The highest BCUT2D eigenvalue weighted by atomic mass is 19.2. The summed E-state index contributed by atoms with van der Waals surface area (Å²) in [5.41, 5.74) is 0. The lowest BCUT2D eigenvalue weighted by Gasteiger charge is -2.00. The first-order valence-corrected chi connectivity index (χ1v) is 2.67. The van der Waals surface area contributed by atoms with Crippen LogP contribution >= 0.6 is 0 Å². The van der Waals surface area contributed by atoms with E-state index < -0.39 is 34.8 Å². The molecule has 0 aliphatic rings. The maximum Gasteiger partial charge on any atom is 0.206 e. The third-order valence-electron chi connectivity index (χ3n) is 1.19. The van der Waals surface area contributed by atoms with Gasteiger partial charge in [0.2, 0.25) is 29.1 Å². The predicted molar refractivity (Wildman–Crippen MR) is 31.5 cm³/mol. The second-order valence-electron chi connectivity index (χ2n) is 1.92. The van der Waals surface area contributed by atoms with Crippen molar-refractivity contribution < 1.29 is 32.5 Å². The number of hydrogen-bond donors (Lipinski definition) is 1. The molecule has 7 heteroatoms. The van der Waals surface area contributed by atoms with E-state index in [0.29, 0.717) is 0 Å². The number of hydrogen-bond acceptors (Lipinski definition) is 1. The van der Waals surface area contributed by atoms with E-state index >= 15 is 0 Å². The Morgan fingerprint density at radius 3 is 1.15 bits per heavy atom. The van der Waals surface area contributed by atoms with Crippen molar-refractivity contribution in [2.45, 2.75) is 0 Å². The molecule has 0 atom stereocenters. The Bertz CT molecular complexity index is 233. The van der Waals surface area contributed by atoms with Gasteiger partial charge in [0.15, 0.2) is 5.75 Å². The second-order valence-corrected chi connectivity index (χ2v) is 1.92. The molecule has 0 saturated carbocycles. The predicted octanol–water partition coefficient (Wildman–Crippen LogP) is 1.26. The van der Waals surface area contributed by atoms with Gasteiger partial charge in [0, 0.05) is 0 Å². The summed E-state index contributed by atoms with van der Waals surface area (Å²) in [6, 6.07) is 0. The molecule has 74 valence electrons. The molecule has 0 unspecified atom stereocenters. The first-order valence-electron chi connectivity index (χ1n) is 2.67. The molecule has 1 rings (SSSR count). The van der Waals surface area contributed by atoms with Crippen LogP contribution in [0.25, 0.3) is 0 Å². The van der Waals surface area contributed by atoms with Crippen LogP contribution in [0.15, 0.2) is 0 Å². The SMILES string of the molecule is O.Oc1c(F)c(F)c(F)c(F)c1F. The lowest BCUT2D eigenvalue weighted by molar-refractivity contribution is 0.325. The Morgan fingerprint density at radius 2 is 0.846 bits per heavy atom. The molecule has 1 aromatic rings. The monoisotopic (exact) mass is 202 g/mol. The van der Waals surface area contributed by atoms with Gasteiger partial charge in [0.1, 0.15) is 0 Å². The summed E-state index contributed by atoms with van der Waals surface area (Å²) in [4.78, 5) is 0. The molecule has 0 amide bonds. The normalized spacial score (nSPS) is 9.62. The lowest BCUT2D eigenvalue weighted by atomic mass is 10.3. The Kier molecular flexibility index (Phi) is 3.19. The van der Waals surface area contributed by atoms with Gasteiger partial charge in [0.05, 0.1) is 0 Å². The fourth-order valence-electron chi connectivity index (χ4n) is 0.593. The van der Waals surface area contributed by atoms with Gasteiger partial charge in [-0.2, -0.15) is 8.78 Å². The van der Waals surface area contributed by atoms with E-state index in [1.807, 2.05) is 0 Å². The molecule has 0 aromatic heterocycles. The van der Waals surface area contributed by atoms with Gasteiger partial charge in [0.25, 0.3) is 0 Å². The van der Waals surface area contributed by atoms with E-state index in [1.54, 1.807) is 0 Å². The van der Waals surface area contributed by atoms with Crippen molar-refractivity contribution in [3.05, 3.63) is 29.1 Å². The molecule has 13 heavy (non-hydrogen) atoms. The second kappa shape index (κ2) is 3.56. The van der Waals surface area contributed by atoms with Crippen LogP contribution in [0.4, 0.5) is 22.0 Å². The van der Waals surface area contributed by atoms with Crippen molar-refractivity contribution in [1.82, 2.24) is 0 Å². The van der Waals surface area contributed by atoms with Crippen LogP contribution in [-0.4, -0.2) is 10.6 Å². The van der Waals surface area contributed by atoms with Gasteiger partial charge in [-0.1, -0.05) is 0 Å². The first kappa shape index (κ1) is 11.6. The van der Waals surface area contributed by atoms with E-state index in [1.165, 1.54) is 0 Å². The molecular formula is C6H3F5O2. The number of benzene rings is 1. The largest absolute Gasteiger partial charge is 0.503 e. The van der Waals surface area contributed by atoms with Crippen molar-refractivity contribution in [2.75, 3.05) is 0 Å². The van der Waals surface area contributed by atoms with Crippen LogP contribution in [0.5, 0.6) is 5.75 Å². The third kappa shape index (κ3) is 1.55. The Balaban J connectivity index is 0.00000144. The molecule has 1 aromatic carbocycles. The fraction of sp³-hybridized carbons (Fsp3) is 0. The summed E-state index contributed by atoms with van der Waals surface area (Å²) < 4.78 is 60.6. The van der Waals surface area contributed by atoms with Gasteiger partial charge in [-0.05, 0) is 0 Å². The van der Waals surface area contributed by atoms with Crippen molar-refractivity contribution in [3.8, 4) is 5.75 Å². The minimum Gasteiger partial charge on any atom is -0.503 e. The quantitative estimate of drug-likeness (QED) is 0.384. The lowest BCUT2D eigenvalue weighted by Crippen LogP contribution is -2.00. The topological polar surface area (TPSA) is 51.7 Å². The van der Waals surface area contributed by atoms with E-state index in [-0.39, 0.29) is 5.48 Å². The summed E-state index contributed by atoms with van der Waals surface area (Å²) in [5.74, 6) is -12.9. The highest BCUT2D eigenvalue weighted by Crippen LogP contribution is 2.27. The Labute approximate surface area is 68.5 Å². The van der Waals surface area contributed by atoms with E-state index in [4.69, 9.17) is 5.11 Å². The fourth-order valence-corrected chi connectivity index (χ4v) is 0.593. The number of aromatic hydroxyl groups is 1. The maximum absolute atomic E-state index is 12.2. The van der Waals surface area contributed by atoms with Gasteiger partial charge >= 0.3 is 0 Å². The molecule has 0 bridgehead atoms. The molecular weight excluding hydrogens is 199 g/mol. The molecule has 0 aliphatic carbocycles. The molecule has 0 saturated heterocycles. The molecule has 0 spiro atoms. The summed E-state index contributed by atoms with van der Waals surface area (Å²) in [6.45, 7) is 0. The molecule has 3 N–H and O–H groups in total. The van der Waals surface area contributed by atoms with Gasteiger partial charge < -0.3 is 10.6 Å². The summed E-state index contributed by atoms with van der Waals surface area (Å²) in [7, 11) is 0. The minimum atomic E-state index is -2.29. The zero-order valence-electron chi connectivity index (χ0n) is 5.84. The van der Waals surface area contributed by atoms with E-state index in [2.05, 4.69) is 0 Å². The first-order chi connectivity index (χ1) is 5.46. The number of halogens is 5. The standard InChI is InChI=1S/C6HF5O.H2O/c7-1-2(8)4(10)6(12)5(11)3(1)9;/h12H;1H2. The van der Waals surface area contributed by atoms with Crippen LogP contribution < -0.4 is 0 Å². The molecule has 0 fully saturated rings. The number of phenols is 1. The van der Waals surface area contributed by atoms with Crippen LogP contribution in [0.1, 0.15) is 0 Å². The van der Waals surface area contributed by atoms with Crippen molar-refractivity contribution in [1.29, 1.82) is 0 Å². The molecule has 2 nitrogen and oxygen atoms in total. The molecule has 0 aliphatic heterocycles. The number of rotatable bonds is 0. The Morgan fingerprint density at radius 1 is 0.615 bits per heavy atom. The average molecular weight is 202 g/mol. The van der Waals surface area contributed by atoms with Gasteiger partial charge in [-0.3, -0.25) is 0 Å². The highest BCUT2D eigenvalue weighted by molar-refractivity contribution is 5.27. The van der Waals surface area contributed by atoms with Crippen LogP contribution in [0, 0.1) is 29.1 Å². The molecule has 0 radical (unpaired) electrons. The Hall–Kier alpha value is -1.37. The summed E-state index contributed by atoms with van der Waals surface area (Å²) in [5, 5.41) is 8.30. The van der Waals surface area contributed by atoms with Crippen LogP contribution in [0.2, 0.25) is 0 Å². The highest BCUT2D eigenvalue weighted by Gasteiger charge is 2.24. The maximum atomic E-state index is 12.2. The van der Waals surface area contributed by atoms with Crippen LogP contribution in [-0.2, 0) is 0 Å². The minimum absolute atomic E-state index is 0. The zero-order valence-corrected chi connectivity index (χ0v) is 5.84.